The Kier molecular flexibility index (Phi) is 4.35. The van der Waals surface area contributed by atoms with Gasteiger partial charge in [-0.15, -0.1) is 0 Å². The molecule has 1 aliphatic heterocycles. The average Bonchev–Trinajstić information content (AvgIpc) is 2.47. The van der Waals surface area contributed by atoms with Gasteiger partial charge in [0, 0.05) is 23.9 Å². The van der Waals surface area contributed by atoms with E-state index in [2.05, 4.69) is 0 Å². The fourth-order valence-corrected chi connectivity index (χ4v) is 2.13. The van der Waals surface area contributed by atoms with Gasteiger partial charge in [-0.25, -0.2) is 4.79 Å². The second-order valence-electron chi connectivity index (χ2n) is 4.48. The van der Waals surface area contributed by atoms with Crippen LogP contribution in [-0.4, -0.2) is 23.4 Å². The van der Waals surface area contributed by atoms with Crippen molar-refractivity contribution in [1.82, 2.24) is 4.90 Å². The highest BCUT2D eigenvalue weighted by atomic mass is 16.5. The normalized spacial score (nSPS) is 17.6. The molecule has 1 aromatic rings. The van der Waals surface area contributed by atoms with Crippen molar-refractivity contribution < 1.29 is 14.3 Å². The number of Topliss-reactive ketones (excluding diaryl/α,β-unsaturated/α-hetero) is 1. The van der Waals surface area contributed by atoms with Gasteiger partial charge in [0.25, 0.3) is 0 Å². The molecule has 4 heteroatoms. The molecule has 0 aromatic heterocycles. The Balaban J connectivity index is 2.30. The Morgan fingerprint density at radius 2 is 1.95 bits per heavy atom. The summed E-state index contributed by atoms with van der Waals surface area (Å²) in [5.41, 5.74) is 1.60. The fraction of sp³-hybridized carbons (Fsp3) is 0.250. The van der Waals surface area contributed by atoms with Crippen LogP contribution >= 0.6 is 0 Å². The molecule has 0 radical (unpaired) electrons. The monoisotopic (exact) mass is 271 g/mol. The van der Waals surface area contributed by atoms with Gasteiger partial charge in [0.15, 0.2) is 5.78 Å². The maximum atomic E-state index is 11.8. The van der Waals surface area contributed by atoms with Crippen molar-refractivity contribution in [2.24, 2.45) is 0 Å². The van der Waals surface area contributed by atoms with Gasteiger partial charge in [0.05, 0.1) is 6.61 Å². The van der Waals surface area contributed by atoms with Gasteiger partial charge in [-0.05, 0) is 19.4 Å². The van der Waals surface area contributed by atoms with Gasteiger partial charge in [0.2, 0.25) is 0 Å². The van der Waals surface area contributed by atoms with Crippen molar-refractivity contribution >= 4 is 11.9 Å². The molecular weight excluding hydrogens is 254 g/mol. The zero-order valence-electron chi connectivity index (χ0n) is 11.6. The molecule has 20 heavy (non-hydrogen) atoms. The van der Waals surface area contributed by atoms with Crippen molar-refractivity contribution in [2.75, 3.05) is 6.61 Å². The molecule has 2 rings (SSSR count). The van der Waals surface area contributed by atoms with E-state index in [9.17, 15) is 9.59 Å². The first-order valence-corrected chi connectivity index (χ1v) is 6.54. The van der Waals surface area contributed by atoms with Crippen LogP contribution in [0.5, 0.6) is 0 Å². The van der Waals surface area contributed by atoms with Crippen molar-refractivity contribution in [1.29, 1.82) is 0 Å². The van der Waals surface area contributed by atoms with Crippen molar-refractivity contribution in [3.05, 3.63) is 59.9 Å². The number of rotatable bonds is 3. The van der Waals surface area contributed by atoms with Crippen LogP contribution in [-0.2, 0) is 9.53 Å². The second-order valence-corrected chi connectivity index (χ2v) is 4.48. The molecule has 0 N–H and O–H groups in total. The molecule has 0 spiro atoms. The van der Waals surface area contributed by atoms with Crippen molar-refractivity contribution in [3.8, 4) is 0 Å². The number of carbonyl (C=O) groups excluding carboxylic acids is 2. The predicted octanol–water partition coefficient (Wildman–Crippen LogP) is 3.23. The summed E-state index contributed by atoms with van der Waals surface area (Å²) in [6.07, 6.45) is 4.55. The molecule has 4 nitrogen and oxygen atoms in total. The molecule has 0 aliphatic carbocycles. The van der Waals surface area contributed by atoms with Crippen LogP contribution in [0.1, 0.15) is 25.3 Å². The number of benzene rings is 1. The summed E-state index contributed by atoms with van der Waals surface area (Å²) in [4.78, 5) is 24.8. The molecule has 0 fully saturated rings. The van der Waals surface area contributed by atoms with E-state index in [0.29, 0.717) is 12.2 Å². The van der Waals surface area contributed by atoms with Crippen LogP contribution in [0.25, 0.3) is 0 Å². The molecule has 104 valence electrons. The molecule has 0 saturated heterocycles. The number of allylic oxidation sites excluding steroid dienone is 2. The van der Waals surface area contributed by atoms with Crippen LogP contribution < -0.4 is 0 Å². The van der Waals surface area contributed by atoms with Crippen LogP contribution in [0.15, 0.2) is 54.4 Å². The lowest BCUT2D eigenvalue weighted by Crippen LogP contribution is -2.26. The van der Waals surface area contributed by atoms with Crippen LogP contribution in [0.4, 0.5) is 4.79 Å². The van der Waals surface area contributed by atoms with E-state index in [1.54, 1.807) is 19.3 Å². The van der Waals surface area contributed by atoms with E-state index in [-0.39, 0.29) is 11.7 Å². The second kappa shape index (κ2) is 6.19. The minimum absolute atomic E-state index is 0.0579. The Morgan fingerprint density at radius 3 is 2.55 bits per heavy atom. The standard InChI is InChI=1S/C16H17NO3/c1-3-20-16(19)17-10-9-14(15(11-17)12(2)18)13-7-5-4-6-8-13/h4-11,14H,3H2,1-2H3. The Morgan fingerprint density at radius 1 is 1.25 bits per heavy atom. The highest BCUT2D eigenvalue weighted by Crippen LogP contribution is 2.30. The van der Waals surface area contributed by atoms with Gasteiger partial charge < -0.3 is 4.74 Å². The third-order valence-electron chi connectivity index (χ3n) is 3.10. The number of ketones is 1. The van der Waals surface area contributed by atoms with Crippen LogP contribution in [0, 0.1) is 0 Å². The summed E-state index contributed by atoms with van der Waals surface area (Å²) >= 11 is 0. The predicted molar refractivity (Wildman–Crippen MR) is 75.9 cm³/mol. The smallest absolute Gasteiger partial charge is 0.417 e. The summed E-state index contributed by atoms with van der Waals surface area (Å²) in [5.74, 6) is -0.183. The molecule has 1 unspecified atom stereocenters. The van der Waals surface area contributed by atoms with Gasteiger partial charge in [-0.2, -0.15) is 0 Å². The van der Waals surface area contributed by atoms with Gasteiger partial charge in [0.1, 0.15) is 0 Å². The zero-order chi connectivity index (χ0) is 14.5. The maximum Gasteiger partial charge on any atom is 0.417 e. The Labute approximate surface area is 118 Å². The number of hydrogen-bond acceptors (Lipinski definition) is 3. The number of amides is 1. The third-order valence-corrected chi connectivity index (χ3v) is 3.10. The average molecular weight is 271 g/mol. The van der Waals surface area contributed by atoms with E-state index < -0.39 is 6.09 Å². The molecule has 1 amide bonds. The summed E-state index contributed by atoms with van der Waals surface area (Å²) in [7, 11) is 0. The molecular formula is C16H17NO3. The first kappa shape index (κ1) is 14.1. The van der Waals surface area contributed by atoms with Gasteiger partial charge in [-0.1, -0.05) is 36.4 Å². The Hall–Kier alpha value is -2.36. The largest absolute Gasteiger partial charge is 0.449 e. The minimum atomic E-state index is -0.478. The van der Waals surface area contributed by atoms with Crippen LogP contribution in [0.3, 0.4) is 0 Å². The van der Waals surface area contributed by atoms with E-state index in [1.165, 1.54) is 11.8 Å². The zero-order valence-corrected chi connectivity index (χ0v) is 11.6. The van der Waals surface area contributed by atoms with E-state index in [4.69, 9.17) is 4.74 Å². The summed E-state index contributed by atoms with van der Waals surface area (Å²) in [5, 5.41) is 0. The number of ether oxygens (including phenoxy) is 1. The first-order valence-electron chi connectivity index (χ1n) is 6.54. The molecule has 1 aliphatic rings. The lowest BCUT2D eigenvalue weighted by atomic mass is 9.88. The molecule has 1 heterocycles. The molecule has 1 aromatic carbocycles. The van der Waals surface area contributed by atoms with E-state index in [0.717, 1.165) is 5.56 Å². The lowest BCUT2D eigenvalue weighted by molar-refractivity contribution is -0.113. The third kappa shape index (κ3) is 2.96. The topological polar surface area (TPSA) is 46.6 Å². The highest BCUT2D eigenvalue weighted by molar-refractivity contribution is 5.96. The minimum Gasteiger partial charge on any atom is -0.449 e. The first-order chi connectivity index (χ1) is 9.63. The van der Waals surface area contributed by atoms with Crippen molar-refractivity contribution in [3.63, 3.8) is 0 Å². The lowest BCUT2D eigenvalue weighted by Gasteiger charge is -2.24. The SMILES string of the molecule is CCOC(=O)N1C=CC(c2ccccc2)C(C(C)=O)=C1. The number of hydrogen-bond donors (Lipinski definition) is 0. The van der Waals surface area contributed by atoms with E-state index >= 15 is 0 Å². The summed E-state index contributed by atoms with van der Waals surface area (Å²) in [6, 6.07) is 9.72. The van der Waals surface area contributed by atoms with Crippen LogP contribution in [0.2, 0.25) is 0 Å². The summed E-state index contributed by atoms with van der Waals surface area (Å²) < 4.78 is 4.93. The molecule has 0 saturated carbocycles. The van der Waals surface area contributed by atoms with Crippen molar-refractivity contribution in [2.45, 2.75) is 19.8 Å². The molecule has 0 bridgehead atoms. The fourth-order valence-electron chi connectivity index (χ4n) is 2.13. The number of carbonyl (C=O) groups is 2. The maximum absolute atomic E-state index is 11.8. The van der Waals surface area contributed by atoms with E-state index in [1.807, 2.05) is 36.4 Å². The Bertz CT molecular complexity index is 560. The highest BCUT2D eigenvalue weighted by Gasteiger charge is 2.24. The summed E-state index contributed by atoms with van der Waals surface area (Å²) in [6.45, 7) is 3.55. The number of nitrogens with zero attached hydrogens (tertiary/aromatic N) is 1. The quantitative estimate of drug-likeness (QED) is 0.848. The van der Waals surface area contributed by atoms with Gasteiger partial charge in [-0.3, -0.25) is 9.69 Å². The molecule has 1 atom stereocenters. The van der Waals surface area contributed by atoms with Gasteiger partial charge >= 0.3 is 6.09 Å².